The minimum Gasteiger partial charge on any atom is -0.444 e. The molecule has 0 saturated heterocycles. The molecule has 0 aliphatic heterocycles. The van der Waals surface area contributed by atoms with Crippen molar-refractivity contribution in [2.24, 2.45) is 0 Å². The topological polar surface area (TPSA) is 68.3 Å². The summed E-state index contributed by atoms with van der Waals surface area (Å²) in [6.45, 7) is 6.58. The summed E-state index contributed by atoms with van der Waals surface area (Å²) in [5.74, 6) is -1.30. The summed E-state index contributed by atoms with van der Waals surface area (Å²) < 4.78 is 19.1. The molecule has 0 spiro atoms. The van der Waals surface area contributed by atoms with Gasteiger partial charge in [0.05, 0.1) is 5.02 Å². The van der Waals surface area contributed by atoms with Crippen LogP contribution in [0.15, 0.2) is 36.5 Å². The highest BCUT2D eigenvalue weighted by Gasteiger charge is 2.39. The summed E-state index contributed by atoms with van der Waals surface area (Å²) in [5.41, 5.74) is -1.94. The van der Waals surface area contributed by atoms with Crippen LogP contribution in [0.5, 0.6) is 0 Å². The molecule has 0 radical (unpaired) electrons. The number of carbonyl (C=O) groups is 2. The number of nitrogens with zero attached hydrogens (tertiary/aromatic N) is 1. The molecule has 8 heteroatoms. The van der Waals surface area contributed by atoms with Crippen LogP contribution < -0.4 is 5.32 Å². The molecular weight excluding hydrogens is 394 g/mol. The second-order valence-corrected chi connectivity index (χ2v) is 7.87. The van der Waals surface area contributed by atoms with Gasteiger partial charge in [-0.1, -0.05) is 29.3 Å². The van der Waals surface area contributed by atoms with Crippen LogP contribution >= 0.6 is 23.2 Å². The number of ether oxygens (including phenoxy) is 1. The molecule has 2 aromatic rings. The van der Waals surface area contributed by atoms with Gasteiger partial charge in [0.2, 0.25) is 0 Å². The number of amides is 1. The van der Waals surface area contributed by atoms with E-state index in [-0.39, 0.29) is 15.7 Å². The molecule has 1 aromatic heterocycles. The third-order valence-corrected chi connectivity index (χ3v) is 4.22. The first kappa shape index (κ1) is 21.1. The zero-order valence-electron chi connectivity index (χ0n) is 15.3. The standard InChI is InChI=1S/C19H19Cl2FN2O3/c1-18(2,3)27-17(26)24-19(4,12-6-8-15(21)23-10-12)16(25)11-5-7-13(20)14(22)9-11/h5-10H,1-4H3,(H,24,26). The van der Waals surface area contributed by atoms with Gasteiger partial charge in [-0.25, -0.2) is 14.2 Å². The van der Waals surface area contributed by atoms with Gasteiger partial charge in [-0.05, 0) is 52.0 Å². The average Bonchev–Trinajstić information content (AvgIpc) is 2.55. The van der Waals surface area contributed by atoms with Gasteiger partial charge in [-0.2, -0.15) is 0 Å². The number of hydrogen-bond acceptors (Lipinski definition) is 4. The Labute approximate surface area is 166 Å². The maximum atomic E-state index is 13.8. The predicted octanol–water partition coefficient (Wildman–Crippen LogP) is 5.15. The van der Waals surface area contributed by atoms with E-state index >= 15 is 0 Å². The molecular formula is C19H19Cl2FN2O3. The Kier molecular flexibility index (Phi) is 6.12. The summed E-state index contributed by atoms with van der Waals surface area (Å²) in [6.07, 6.45) is 0.562. The third-order valence-electron chi connectivity index (χ3n) is 3.69. The van der Waals surface area contributed by atoms with Gasteiger partial charge in [0, 0.05) is 17.3 Å². The van der Waals surface area contributed by atoms with Crippen molar-refractivity contribution in [1.82, 2.24) is 10.3 Å². The summed E-state index contributed by atoms with van der Waals surface area (Å²) >= 11 is 11.5. The van der Waals surface area contributed by atoms with Crippen molar-refractivity contribution >= 4 is 35.1 Å². The van der Waals surface area contributed by atoms with Crippen LogP contribution in [0.3, 0.4) is 0 Å². The Bertz CT molecular complexity index is 866. The fourth-order valence-electron chi connectivity index (χ4n) is 2.37. The number of aromatic nitrogens is 1. The zero-order chi connectivity index (χ0) is 20.4. The lowest BCUT2D eigenvalue weighted by Crippen LogP contribution is -2.51. The van der Waals surface area contributed by atoms with Crippen molar-refractivity contribution < 1.29 is 18.7 Å². The highest BCUT2D eigenvalue weighted by Crippen LogP contribution is 2.28. The van der Waals surface area contributed by atoms with Crippen molar-refractivity contribution in [3.05, 3.63) is 63.6 Å². The lowest BCUT2D eigenvalue weighted by molar-refractivity contribution is 0.0441. The van der Waals surface area contributed by atoms with Gasteiger partial charge >= 0.3 is 6.09 Å². The Balaban J connectivity index is 2.48. The van der Waals surface area contributed by atoms with E-state index in [1.54, 1.807) is 26.8 Å². The fourth-order valence-corrected chi connectivity index (χ4v) is 2.59. The van der Waals surface area contributed by atoms with Crippen LogP contribution in [-0.4, -0.2) is 22.5 Å². The third kappa shape index (κ3) is 5.17. The number of nitrogens with one attached hydrogen (secondary N) is 1. The molecule has 5 nitrogen and oxygen atoms in total. The first-order valence-corrected chi connectivity index (χ1v) is 8.81. The van der Waals surface area contributed by atoms with Crippen LogP contribution in [0.1, 0.15) is 43.6 Å². The Morgan fingerprint density at radius 1 is 1.11 bits per heavy atom. The smallest absolute Gasteiger partial charge is 0.408 e. The molecule has 0 aliphatic carbocycles. The van der Waals surface area contributed by atoms with Crippen molar-refractivity contribution in [3.8, 4) is 0 Å². The molecule has 1 unspecified atom stereocenters. The molecule has 0 aliphatic rings. The molecule has 2 rings (SSSR count). The highest BCUT2D eigenvalue weighted by atomic mass is 35.5. The quantitative estimate of drug-likeness (QED) is 0.556. The molecule has 0 saturated carbocycles. The number of carbonyl (C=O) groups excluding carboxylic acids is 2. The lowest BCUT2D eigenvalue weighted by Gasteiger charge is -2.31. The lowest BCUT2D eigenvalue weighted by atomic mass is 9.85. The Hall–Kier alpha value is -2.18. The molecule has 144 valence electrons. The second-order valence-electron chi connectivity index (χ2n) is 7.08. The Morgan fingerprint density at radius 2 is 1.78 bits per heavy atom. The number of ketones is 1. The van der Waals surface area contributed by atoms with Gasteiger partial charge in [-0.3, -0.25) is 4.79 Å². The second kappa shape index (κ2) is 7.82. The van der Waals surface area contributed by atoms with E-state index in [1.165, 1.54) is 31.3 Å². The molecule has 27 heavy (non-hydrogen) atoms. The molecule has 1 heterocycles. The zero-order valence-corrected chi connectivity index (χ0v) is 16.8. The molecule has 1 amide bonds. The predicted molar refractivity (Wildman–Crippen MR) is 102 cm³/mol. The van der Waals surface area contributed by atoms with Crippen molar-refractivity contribution in [1.29, 1.82) is 0 Å². The van der Waals surface area contributed by atoms with E-state index < -0.39 is 28.8 Å². The number of benzene rings is 1. The number of pyridine rings is 1. The van der Waals surface area contributed by atoms with Crippen LogP contribution in [-0.2, 0) is 10.3 Å². The van der Waals surface area contributed by atoms with Crippen molar-refractivity contribution in [2.45, 2.75) is 38.8 Å². The van der Waals surface area contributed by atoms with E-state index in [0.717, 1.165) is 6.07 Å². The number of halogens is 3. The van der Waals surface area contributed by atoms with E-state index in [2.05, 4.69) is 10.3 Å². The van der Waals surface area contributed by atoms with Crippen molar-refractivity contribution in [2.75, 3.05) is 0 Å². The molecule has 0 bridgehead atoms. The summed E-state index contributed by atoms with van der Waals surface area (Å²) in [5, 5.41) is 2.68. The summed E-state index contributed by atoms with van der Waals surface area (Å²) in [4.78, 5) is 29.5. The van der Waals surface area contributed by atoms with Crippen LogP contribution in [0.4, 0.5) is 9.18 Å². The molecule has 0 fully saturated rings. The minimum absolute atomic E-state index is 0.0328. The average molecular weight is 413 g/mol. The van der Waals surface area contributed by atoms with Crippen LogP contribution in [0, 0.1) is 5.82 Å². The van der Waals surface area contributed by atoms with E-state index in [1.807, 2.05) is 0 Å². The number of alkyl carbamates (subject to hydrolysis) is 1. The molecule has 1 atom stereocenters. The maximum absolute atomic E-state index is 13.8. The number of hydrogen-bond donors (Lipinski definition) is 1. The van der Waals surface area contributed by atoms with Gasteiger partial charge in [-0.15, -0.1) is 0 Å². The monoisotopic (exact) mass is 412 g/mol. The maximum Gasteiger partial charge on any atom is 0.408 e. The summed E-state index contributed by atoms with van der Waals surface area (Å²) in [7, 11) is 0. The normalized spacial score (nSPS) is 13.6. The first-order valence-electron chi connectivity index (χ1n) is 8.05. The number of Topliss-reactive ketones (excluding diaryl/α,β-unsaturated/α-hetero) is 1. The molecule has 1 aromatic carbocycles. The minimum atomic E-state index is -1.57. The number of rotatable bonds is 4. The van der Waals surface area contributed by atoms with Crippen LogP contribution in [0.2, 0.25) is 10.2 Å². The van der Waals surface area contributed by atoms with Gasteiger partial charge in [0.15, 0.2) is 5.78 Å². The van der Waals surface area contributed by atoms with Gasteiger partial charge in [0.1, 0.15) is 22.1 Å². The summed E-state index contributed by atoms with van der Waals surface area (Å²) in [6, 6.07) is 6.71. The van der Waals surface area contributed by atoms with Gasteiger partial charge < -0.3 is 10.1 Å². The van der Waals surface area contributed by atoms with E-state index in [9.17, 15) is 14.0 Å². The SMILES string of the molecule is CC(C)(C)OC(=O)NC(C)(C(=O)c1ccc(Cl)c(F)c1)c1ccc(Cl)nc1. The first-order chi connectivity index (χ1) is 12.4. The fraction of sp³-hybridized carbons (Fsp3) is 0.316. The van der Waals surface area contributed by atoms with E-state index in [0.29, 0.717) is 5.56 Å². The largest absolute Gasteiger partial charge is 0.444 e. The van der Waals surface area contributed by atoms with Crippen LogP contribution in [0.25, 0.3) is 0 Å². The van der Waals surface area contributed by atoms with Crippen molar-refractivity contribution in [3.63, 3.8) is 0 Å². The molecule has 1 N–H and O–H groups in total. The highest BCUT2D eigenvalue weighted by molar-refractivity contribution is 6.31. The Morgan fingerprint density at radius 3 is 2.30 bits per heavy atom. The van der Waals surface area contributed by atoms with Gasteiger partial charge in [0.25, 0.3) is 0 Å². The van der Waals surface area contributed by atoms with E-state index in [4.69, 9.17) is 27.9 Å².